The molecule has 1 aromatic rings. The molecule has 1 saturated carbocycles. The number of aliphatic hydroxyl groups excluding tert-OH is 1. The lowest BCUT2D eigenvalue weighted by Gasteiger charge is -2.24. The predicted molar refractivity (Wildman–Crippen MR) is 74.7 cm³/mol. The van der Waals surface area contributed by atoms with Crippen molar-refractivity contribution in [2.24, 2.45) is 11.8 Å². The molecule has 3 rings (SSSR count). The zero-order chi connectivity index (χ0) is 12.5. The molecule has 3 atom stereocenters. The van der Waals surface area contributed by atoms with Gasteiger partial charge in [-0.05, 0) is 37.2 Å². The quantitative estimate of drug-likeness (QED) is 0.882. The van der Waals surface area contributed by atoms with Gasteiger partial charge in [-0.3, -0.25) is 0 Å². The first-order valence-electron chi connectivity index (χ1n) is 7.31. The third-order valence-corrected chi connectivity index (χ3v) is 4.75. The van der Waals surface area contributed by atoms with E-state index < -0.39 is 0 Å². The van der Waals surface area contributed by atoms with Crippen molar-refractivity contribution < 1.29 is 5.11 Å². The Kier molecular flexibility index (Phi) is 3.29. The van der Waals surface area contributed by atoms with Crippen molar-refractivity contribution in [1.82, 2.24) is 0 Å². The second-order valence-corrected chi connectivity index (χ2v) is 5.84. The molecule has 1 N–H and O–H groups in total. The van der Waals surface area contributed by atoms with Crippen LogP contribution in [0.5, 0.6) is 0 Å². The van der Waals surface area contributed by atoms with Gasteiger partial charge in [-0.1, -0.05) is 31.5 Å². The number of fused-ring (bicyclic) bond motifs is 1. The zero-order valence-electron chi connectivity index (χ0n) is 11.2. The van der Waals surface area contributed by atoms with E-state index in [9.17, 15) is 5.11 Å². The van der Waals surface area contributed by atoms with Crippen LogP contribution in [-0.2, 0) is 0 Å². The average molecular weight is 245 g/mol. The van der Waals surface area contributed by atoms with E-state index in [1.165, 1.54) is 38.0 Å². The number of nitrogens with zero attached hydrogens (tertiary/aromatic N) is 1. The number of hydrogen-bond donors (Lipinski definition) is 1. The summed E-state index contributed by atoms with van der Waals surface area (Å²) in [5.74, 6) is 1.80. The molecule has 2 fully saturated rings. The Morgan fingerprint density at radius 2 is 1.89 bits per heavy atom. The van der Waals surface area contributed by atoms with Crippen molar-refractivity contribution in [3.05, 3.63) is 29.8 Å². The molecule has 0 bridgehead atoms. The van der Waals surface area contributed by atoms with E-state index in [-0.39, 0.29) is 6.10 Å². The molecule has 2 nitrogen and oxygen atoms in total. The van der Waals surface area contributed by atoms with E-state index in [1.54, 1.807) is 0 Å². The highest BCUT2D eigenvalue weighted by atomic mass is 16.3. The van der Waals surface area contributed by atoms with Crippen LogP contribution in [0.3, 0.4) is 0 Å². The second kappa shape index (κ2) is 4.93. The number of para-hydroxylation sites is 1. The maximum atomic E-state index is 10.1. The molecule has 0 radical (unpaired) electrons. The molecule has 1 aliphatic heterocycles. The first-order chi connectivity index (χ1) is 8.79. The molecular formula is C16H23NO. The molecule has 2 aliphatic rings. The average Bonchev–Trinajstić information content (AvgIpc) is 2.98. The first kappa shape index (κ1) is 12.0. The molecule has 98 valence electrons. The molecule has 0 spiro atoms. The molecule has 18 heavy (non-hydrogen) atoms. The number of anilines is 1. The summed E-state index contributed by atoms with van der Waals surface area (Å²) in [4.78, 5) is 2.50. The SMILES string of the molecule is CCC(O)c1ccccc1N1CC2CCCC2C1. The van der Waals surface area contributed by atoms with E-state index in [2.05, 4.69) is 23.1 Å². The molecule has 3 unspecified atom stereocenters. The lowest BCUT2D eigenvalue weighted by Crippen LogP contribution is -2.22. The Morgan fingerprint density at radius 1 is 1.22 bits per heavy atom. The zero-order valence-corrected chi connectivity index (χ0v) is 11.2. The Hall–Kier alpha value is -1.02. The van der Waals surface area contributed by atoms with Crippen LogP contribution < -0.4 is 4.90 Å². The van der Waals surface area contributed by atoms with Crippen molar-refractivity contribution in [1.29, 1.82) is 0 Å². The molecule has 1 aliphatic carbocycles. The maximum absolute atomic E-state index is 10.1. The lowest BCUT2D eigenvalue weighted by molar-refractivity contribution is 0.174. The highest BCUT2D eigenvalue weighted by Gasteiger charge is 2.36. The van der Waals surface area contributed by atoms with Crippen molar-refractivity contribution in [2.45, 2.75) is 38.7 Å². The number of aliphatic hydroxyl groups is 1. The summed E-state index contributed by atoms with van der Waals surface area (Å²) in [6, 6.07) is 8.39. The van der Waals surface area contributed by atoms with Crippen LogP contribution in [0.1, 0.15) is 44.3 Å². The van der Waals surface area contributed by atoms with Gasteiger partial charge >= 0.3 is 0 Å². The standard InChI is InChI=1S/C16H23NO/c1-2-16(18)14-8-3-4-9-15(14)17-10-12-6-5-7-13(12)11-17/h3-4,8-9,12-13,16,18H,2,5-7,10-11H2,1H3. The van der Waals surface area contributed by atoms with Crippen molar-refractivity contribution >= 4 is 5.69 Å². The van der Waals surface area contributed by atoms with Gasteiger partial charge in [0.05, 0.1) is 6.10 Å². The van der Waals surface area contributed by atoms with Crippen LogP contribution in [0.4, 0.5) is 5.69 Å². The summed E-state index contributed by atoms with van der Waals surface area (Å²) in [6.07, 6.45) is 4.70. The van der Waals surface area contributed by atoms with Gasteiger partial charge < -0.3 is 10.0 Å². The van der Waals surface area contributed by atoms with Gasteiger partial charge in [0.15, 0.2) is 0 Å². The highest BCUT2D eigenvalue weighted by molar-refractivity contribution is 5.55. The van der Waals surface area contributed by atoms with Crippen molar-refractivity contribution in [3.8, 4) is 0 Å². The van der Waals surface area contributed by atoms with Gasteiger partial charge in [-0.2, -0.15) is 0 Å². The highest BCUT2D eigenvalue weighted by Crippen LogP contribution is 2.41. The van der Waals surface area contributed by atoms with Crippen molar-refractivity contribution in [3.63, 3.8) is 0 Å². The van der Waals surface area contributed by atoms with Gasteiger partial charge in [0.2, 0.25) is 0 Å². The maximum Gasteiger partial charge on any atom is 0.0807 e. The Bertz CT molecular complexity index is 405. The fourth-order valence-corrected chi connectivity index (χ4v) is 3.71. The van der Waals surface area contributed by atoms with Crippen LogP contribution >= 0.6 is 0 Å². The third-order valence-electron chi connectivity index (χ3n) is 4.75. The van der Waals surface area contributed by atoms with E-state index >= 15 is 0 Å². The van der Waals surface area contributed by atoms with Gasteiger partial charge in [0.1, 0.15) is 0 Å². The van der Waals surface area contributed by atoms with E-state index in [0.29, 0.717) is 0 Å². The van der Waals surface area contributed by atoms with E-state index in [0.717, 1.165) is 23.8 Å². The molecule has 0 amide bonds. The van der Waals surface area contributed by atoms with Gasteiger partial charge in [-0.25, -0.2) is 0 Å². The molecule has 1 heterocycles. The largest absolute Gasteiger partial charge is 0.388 e. The van der Waals surface area contributed by atoms with Crippen LogP contribution in [0.25, 0.3) is 0 Å². The lowest BCUT2D eigenvalue weighted by atomic mass is 10.0. The predicted octanol–water partition coefficient (Wildman–Crippen LogP) is 3.37. The van der Waals surface area contributed by atoms with E-state index in [1.807, 2.05) is 13.0 Å². The third kappa shape index (κ3) is 2.03. The molecule has 1 saturated heterocycles. The summed E-state index contributed by atoms with van der Waals surface area (Å²) in [7, 11) is 0. The molecule has 1 aromatic carbocycles. The number of hydrogen-bond acceptors (Lipinski definition) is 2. The van der Waals surface area contributed by atoms with Gasteiger partial charge in [-0.15, -0.1) is 0 Å². The van der Waals surface area contributed by atoms with Gasteiger partial charge in [0, 0.05) is 24.3 Å². The fourth-order valence-electron chi connectivity index (χ4n) is 3.71. The van der Waals surface area contributed by atoms with Crippen LogP contribution in [-0.4, -0.2) is 18.2 Å². The second-order valence-electron chi connectivity index (χ2n) is 5.84. The number of benzene rings is 1. The fraction of sp³-hybridized carbons (Fsp3) is 0.625. The smallest absolute Gasteiger partial charge is 0.0807 e. The summed E-state index contributed by atoms with van der Waals surface area (Å²) in [5.41, 5.74) is 2.38. The van der Waals surface area contributed by atoms with Crippen LogP contribution in [0.2, 0.25) is 0 Å². The minimum Gasteiger partial charge on any atom is -0.388 e. The van der Waals surface area contributed by atoms with E-state index in [4.69, 9.17) is 0 Å². The summed E-state index contributed by atoms with van der Waals surface area (Å²) in [6.45, 7) is 4.43. The topological polar surface area (TPSA) is 23.5 Å². The summed E-state index contributed by atoms with van der Waals surface area (Å²) in [5, 5.41) is 10.1. The first-order valence-corrected chi connectivity index (χ1v) is 7.31. The summed E-state index contributed by atoms with van der Waals surface area (Å²) >= 11 is 0. The van der Waals surface area contributed by atoms with Crippen LogP contribution in [0.15, 0.2) is 24.3 Å². The number of rotatable bonds is 3. The molecular weight excluding hydrogens is 222 g/mol. The Labute approximate surface area is 110 Å². The molecule has 2 heteroatoms. The molecule has 0 aromatic heterocycles. The normalized spacial score (nSPS) is 28.4. The van der Waals surface area contributed by atoms with Crippen LogP contribution in [0, 0.1) is 11.8 Å². The minimum atomic E-state index is -0.318. The Morgan fingerprint density at radius 3 is 2.56 bits per heavy atom. The Balaban J connectivity index is 1.84. The van der Waals surface area contributed by atoms with Gasteiger partial charge in [0.25, 0.3) is 0 Å². The van der Waals surface area contributed by atoms with Crippen molar-refractivity contribution in [2.75, 3.05) is 18.0 Å². The summed E-state index contributed by atoms with van der Waals surface area (Å²) < 4.78 is 0. The monoisotopic (exact) mass is 245 g/mol. The minimum absolute atomic E-state index is 0.318.